The largest absolute Gasteiger partial charge is 0.507 e. The minimum atomic E-state index is 0.139. The quantitative estimate of drug-likeness (QED) is 0.533. The predicted molar refractivity (Wildman–Crippen MR) is 125 cm³/mol. The second-order valence-electron chi connectivity index (χ2n) is 9.96. The number of phenolic OH excluding ortho intramolecular Hbond substituents is 1. The van der Waals surface area contributed by atoms with E-state index in [4.69, 9.17) is 0 Å². The molecule has 0 aliphatic heterocycles. The van der Waals surface area contributed by atoms with Gasteiger partial charge in [0.1, 0.15) is 5.75 Å². The van der Waals surface area contributed by atoms with Crippen LogP contribution >= 0.6 is 0 Å². The highest BCUT2D eigenvalue weighted by Crippen LogP contribution is 2.43. The lowest BCUT2D eigenvalue weighted by molar-refractivity contribution is 0.272. The number of benzene rings is 2. The first-order chi connectivity index (χ1) is 13.8. The lowest BCUT2D eigenvalue weighted by atomic mass is 9.72. The molecule has 0 saturated heterocycles. The van der Waals surface area contributed by atoms with E-state index in [0.717, 1.165) is 16.8 Å². The fraction of sp³-hybridized carbons (Fsp3) is 0.519. The molecule has 1 aliphatic carbocycles. The molecule has 29 heavy (non-hydrogen) atoms. The minimum absolute atomic E-state index is 0.139. The van der Waals surface area contributed by atoms with Gasteiger partial charge in [-0.25, -0.2) is 0 Å². The summed E-state index contributed by atoms with van der Waals surface area (Å²) in [6, 6.07) is 14.5. The van der Waals surface area contributed by atoms with Crippen LogP contribution in [0.1, 0.15) is 89.3 Å². The molecule has 1 fully saturated rings. The molecule has 0 amide bonds. The lowest BCUT2D eigenvalue weighted by Gasteiger charge is -2.33. The van der Waals surface area contributed by atoms with Gasteiger partial charge in [0, 0.05) is 11.8 Å². The van der Waals surface area contributed by atoms with Crippen LogP contribution in [0.25, 0.3) is 0 Å². The normalized spacial score (nSPS) is 23.7. The van der Waals surface area contributed by atoms with E-state index in [0.29, 0.717) is 23.5 Å². The summed E-state index contributed by atoms with van der Waals surface area (Å²) >= 11 is 0. The average Bonchev–Trinajstić information content (AvgIpc) is 2.67. The molecule has 1 saturated carbocycles. The van der Waals surface area contributed by atoms with Gasteiger partial charge in [-0.15, -0.1) is 0 Å². The van der Waals surface area contributed by atoms with Gasteiger partial charge in [0.15, 0.2) is 0 Å². The van der Waals surface area contributed by atoms with Crippen LogP contribution in [-0.4, -0.2) is 11.3 Å². The number of hydrogen-bond donors (Lipinski definition) is 1. The summed E-state index contributed by atoms with van der Waals surface area (Å²) in [7, 11) is 0. The molecule has 1 aliphatic rings. The summed E-state index contributed by atoms with van der Waals surface area (Å²) in [5.41, 5.74) is 4.26. The molecule has 1 N–H and O–H groups in total. The molecule has 2 atom stereocenters. The van der Waals surface area contributed by atoms with Gasteiger partial charge in [0.25, 0.3) is 0 Å². The molecule has 2 nitrogen and oxygen atoms in total. The molecule has 0 heterocycles. The Balaban J connectivity index is 1.85. The maximum Gasteiger partial charge on any atom is 0.127 e. The molecule has 2 aromatic carbocycles. The molecular formula is C27H37NO. The van der Waals surface area contributed by atoms with Gasteiger partial charge in [-0.2, -0.15) is 0 Å². The van der Waals surface area contributed by atoms with Crippen molar-refractivity contribution in [3.05, 3.63) is 59.2 Å². The SMILES string of the molecule is CC1CCCCCC(C)C1c1cccc(C=Nc2ccc(C(C)(C)C)cc2)c1O. The first kappa shape index (κ1) is 21.6. The van der Waals surface area contributed by atoms with E-state index in [1.54, 1.807) is 0 Å². The van der Waals surface area contributed by atoms with Gasteiger partial charge in [-0.1, -0.05) is 91.0 Å². The predicted octanol–water partition coefficient (Wildman–Crippen LogP) is 7.76. The maximum atomic E-state index is 11.1. The minimum Gasteiger partial charge on any atom is -0.507 e. The van der Waals surface area contributed by atoms with Gasteiger partial charge >= 0.3 is 0 Å². The summed E-state index contributed by atoms with van der Waals surface area (Å²) in [4.78, 5) is 4.63. The number of aliphatic imine (C=N–C) groups is 1. The summed E-state index contributed by atoms with van der Waals surface area (Å²) < 4.78 is 0. The van der Waals surface area contributed by atoms with Crippen molar-refractivity contribution >= 4 is 11.9 Å². The molecule has 0 aromatic heterocycles. The van der Waals surface area contributed by atoms with Crippen molar-refractivity contribution in [3.63, 3.8) is 0 Å². The molecule has 0 bridgehead atoms. The molecule has 2 heteroatoms. The van der Waals surface area contributed by atoms with Crippen LogP contribution in [0, 0.1) is 11.8 Å². The van der Waals surface area contributed by atoms with Crippen LogP contribution in [0.4, 0.5) is 5.69 Å². The fourth-order valence-electron chi connectivity index (χ4n) is 4.79. The van der Waals surface area contributed by atoms with Crippen LogP contribution in [0.15, 0.2) is 47.5 Å². The van der Waals surface area contributed by atoms with E-state index in [2.05, 4.69) is 76.0 Å². The molecule has 3 rings (SSSR count). The zero-order valence-electron chi connectivity index (χ0n) is 18.8. The Morgan fingerprint density at radius 3 is 2.10 bits per heavy atom. The molecular weight excluding hydrogens is 354 g/mol. The number of para-hydroxylation sites is 1. The van der Waals surface area contributed by atoms with Crippen molar-refractivity contribution in [1.82, 2.24) is 0 Å². The van der Waals surface area contributed by atoms with Gasteiger partial charge in [0.05, 0.1) is 5.69 Å². The molecule has 156 valence electrons. The zero-order valence-corrected chi connectivity index (χ0v) is 18.8. The third kappa shape index (κ3) is 5.29. The van der Waals surface area contributed by atoms with Crippen LogP contribution < -0.4 is 0 Å². The summed E-state index contributed by atoms with van der Waals surface area (Å²) in [6.45, 7) is 11.3. The highest BCUT2D eigenvalue weighted by molar-refractivity contribution is 5.86. The third-order valence-electron chi connectivity index (χ3n) is 6.59. The van der Waals surface area contributed by atoms with E-state index in [1.807, 2.05) is 12.3 Å². The number of rotatable bonds is 3. The first-order valence-corrected chi connectivity index (χ1v) is 11.2. The topological polar surface area (TPSA) is 32.6 Å². The van der Waals surface area contributed by atoms with Gasteiger partial charge in [-0.05, 0) is 52.5 Å². The van der Waals surface area contributed by atoms with Crippen LogP contribution in [-0.2, 0) is 5.41 Å². The zero-order chi connectivity index (χ0) is 21.0. The van der Waals surface area contributed by atoms with Gasteiger partial charge in [0.2, 0.25) is 0 Å². The molecule has 0 spiro atoms. The van der Waals surface area contributed by atoms with E-state index in [9.17, 15) is 5.11 Å². The second-order valence-corrected chi connectivity index (χ2v) is 9.96. The van der Waals surface area contributed by atoms with E-state index in [1.165, 1.54) is 37.7 Å². The van der Waals surface area contributed by atoms with E-state index in [-0.39, 0.29) is 5.41 Å². The monoisotopic (exact) mass is 391 g/mol. The Morgan fingerprint density at radius 2 is 1.52 bits per heavy atom. The molecule has 0 radical (unpaired) electrons. The van der Waals surface area contributed by atoms with Crippen molar-refractivity contribution in [3.8, 4) is 5.75 Å². The van der Waals surface area contributed by atoms with Crippen molar-refractivity contribution in [2.45, 2.75) is 78.1 Å². The number of nitrogens with zero attached hydrogens (tertiary/aromatic N) is 1. The Hall–Kier alpha value is -2.09. The Labute approximate surface area is 177 Å². The Morgan fingerprint density at radius 1 is 0.897 bits per heavy atom. The summed E-state index contributed by atoms with van der Waals surface area (Å²) in [6.07, 6.45) is 8.24. The summed E-state index contributed by atoms with van der Waals surface area (Å²) in [5, 5.41) is 11.1. The maximum absolute atomic E-state index is 11.1. The Kier molecular flexibility index (Phi) is 6.82. The average molecular weight is 392 g/mol. The highest BCUT2D eigenvalue weighted by atomic mass is 16.3. The smallest absolute Gasteiger partial charge is 0.127 e. The van der Waals surface area contributed by atoms with E-state index < -0.39 is 0 Å². The lowest BCUT2D eigenvalue weighted by Crippen LogP contribution is -2.20. The van der Waals surface area contributed by atoms with Gasteiger partial charge < -0.3 is 5.11 Å². The van der Waals surface area contributed by atoms with Crippen molar-refractivity contribution in [1.29, 1.82) is 0 Å². The van der Waals surface area contributed by atoms with Crippen LogP contribution in [0.2, 0.25) is 0 Å². The van der Waals surface area contributed by atoms with Crippen molar-refractivity contribution < 1.29 is 5.11 Å². The number of hydrogen-bond acceptors (Lipinski definition) is 2. The fourth-order valence-corrected chi connectivity index (χ4v) is 4.79. The van der Waals surface area contributed by atoms with Crippen LogP contribution in [0.5, 0.6) is 5.75 Å². The standard InChI is InChI=1S/C27H37NO/c1-19-10-7-6-8-11-20(2)25(19)24-13-9-12-21(26(24)29)18-28-23-16-14-22(15-17-23)27(3,4)5/h9,12-20,25,29H,6-8,10-11H2,1-5H3. The molecule has 2 aromatic rings. The Bertz CT molecular complexity index is 817. The second kappa shape index (κ2) is 9.15. The van der Waals surface area contributed by atoms with Crippen LogP contribution in [0.3, 0.4) is 0 Å². The third-order valence-corrected chi connectivity index (χ3v) is 6.59. The molecule has 2 unspecified atom stereocenters. The number of aromatic hydroxyl groups is 1. The van der Waals surface area contributed by atoms with Gasteiger partial charge in [-0.3, -0.25) is 4.99 Å². The first-order valence-electron chi connectivity index (χ1n) is 11.2. The van der Waals surface area contributed by atoms with Crippen molar-refractivity contribution in [2.24, 2.45) is 16.8 Å². The van der Waals surface area contributed by atoms with Crippen molar-refractivity contribution in [2.75, 3.05) is 0 Å². The highest BCUT2D eigenvalue weighted by Gasteiger charge is 2.29. The number of phenols is 1. The summed E-state index contributed by atoms with van der Waals surface area (Å²) in [5.74, 6) is 2.00. The van der Waals surface area contributed by atoms with E-state index >= 15 is 0 Å².